The second-order valence-corrected chi connectivity index (χ2v) is 9.61. The number of carbonyl (C=O) groups is 1. The first-order valence-electron chi connectivity index (χ1n) is 11.9. The highest BCUT2D eigenvalue weighted by atomic mass is 16.2. The molecular formula is C25H32N6O3. The number of hydrogen-bond acceptors (Lipinski definition) is 6. The molecule has 4 heterocycles. The SMILES string of the molecule is CC(C)Cn1c(=O)[nH]c(=O)c2c(C(=O)NCc3ccc(N4CCCC4)nc3)cc(C(C)C)nc21. The lowest BCUT2D eigenvalue weighted by Crippen LogP contribution is -2.34. The van der Waals surface area contributed by atoms with Crippen LogP contribution < -0.4 is 21.5 Å². The minimum absolute atomic E-state index is 0.0140. The van der Waals surface area contributed by atoms with Gasteiger partial charge in [-0.1, -0.05) is 33.8 Å². The second kappa shape index (κ2) is 9.79. The van der Waals surface area contributed by atoms with Crippen LogP contribution in [0.4, 0.5) is 5.82 Å². The summed E-state index contributed by atoms with van der Waals surface area (Å²) in [6.45, 7) is 10.6. The number of aromatic nitrogens is 4. The van der Waals surface area contributed by atoms with E-state index in [4.69, 9.17) is 0 Å². The van der Waals surface area contributed by atoms with Crippen molar-refractivity contribution < 1.29 is 4.79 Å². The van der Waals surface area contributed by atoms with E-state index >= 15 is 0 Å². The molecule has 1 saturated heterocycles. The number of anilines is 1. The molecule has 0 saturated carbocycles. The summed E-state index contributed by atoms with van der Waals surface area (Å²) in [5, 5.41) is 3.03. The van der Waals surface area contributed by atoms with Crippen molar-refractivity contribution in [2.24, 2.45) is 5.92 Å². The van der Waals surface area contributed by atoms with Crippen LogP contribution in [-0.2, 0) is 13.1 Å². The van der Waals surface area contributed by atoms with Gasteiger partial charge < -0.3 is 10.2 Å². The van der Waals surface area contributed by atoms with Gasteiger partial charge >= 0.3 is 5.69 Å². The summed E-state index contributed by atoms with van der Waals surface area (Å²) in [5.74, 6) is 0.729. The Bertz CT molecular complexity index is 1300. The third-order valence-corrected chi connectivity index (χ3v) is 6.04. The number of pyridine rings is 2. The van der Waals surface area contributed by atoms with Gasteiger partial charge in [0.1, 0.15) is 5.82 Å². The lowest BCUT2D eigenvalue weighted by atomic mass is 10.0. The van der Waals surface area contributed by atoms with Crippen LogP contribution in [0.2, 0.25) is 0 Å². The molecule has 0 atom stereocenters. The number of hydrogen-bond donors (Lipinski definition) is 2. The molecular weight excluding hydrogens is 432 g/mol. The zero-order valence-corrected chi connectivity index (χ0v) is 20.2. The molecule has 0 unspecified atom stereocenters. The highest BCUT2D eigenvalue weighted by molar-refractivity contribution is 6.05. The molecule has 0 aliphatic carbocycles. The second-order valence-electron chi connectivity index (χ2n) is 9.61. The van der Waals surface area contributed by atoms with Crippen molar-refractivity contribution in [3.63, 3.8) is 0 Å². The molecule has 0 spiro atoms. The van der Waals surface area contributed by atoms with Crippen LogP contribution in [0.3, 0.4) is 0 Å². The fraction of sp³-hybridized carbons (Fsp3) is 0.480. The summed E-state index contributed by atoms with van der Waals surface area (Å²) < 4.78 is 1.45. The fourth-order valence-corrected chi connectivity index (χ4v) is 4.23. The maximum absolute atomic E-state index is 13.2. The van der Waals surface area contributed by atoms with E-state index in [1.54, 1.807) is 12.3 Å². The summed E-state index contributed by atoms with van der Waals surface area (Å²) in [5.41, 5.74) is 0.852. The van der Waals surface area contributed by atoms with Crippen LogP contribution >= 0.6 is 0 Å². The predicted molar refractivity (Wildman–Crippen MR) is 132 cm³/mol. The third kappa shape index (κ3) is 4.88. The maximum atomic E-state index is 13.2. The summed E-state index contributed by atoms with van der Waals surface area (Å²) in [7, 11) is 0. The molecule has 34 heavy (non-hydrogen) atoms. The van der Waals surface area contributed by atoms with Crippen LogP contribution in [0.25, 0.3) is 11.0 Å². The van der Waals surface area contributed by atoms with Gasteiger partial charge in [-0.15, -0.1) is 0 Å². The third-order valence-electron chi connectivity index (χ3n) is 6.04. The van der Waals surface area contributed by atoms with Crippen molar-refractivity contribution in [2.45, 2.75) is 59.5 Å². The fourth-order valence-electron chi connectivity index (χ4n) is 4.23. The molecule has 0 radical (unpaired) electrons. The van der Waals surface area contributed by atoms with Crippen molar-refractivity contribution >= 4 is 22.8 Å². The normalized spacial score (nSPS) is 13.9. The quantitative estimate of drug-likeness (QED) is 0.556. The van der Waals surface area contributed by atoms with Crippen LogP contribution in [-0.4, -0.2) is 38.5 Å². The first kappa shape index (κ1) is 23.7. The molecule has 2 N–H and O–H groups in total. The highest BCUT2D eigenvalue weighted by Gasteiger charge is 2.21. The first-order chi connectivity index (χ1) is 16.2. The number of nitrogens with zero attached hydrogens (tertiary/aromatic N) is 4. The molecule has 4 rings (SSSR count). The first-order valence-corrected chi connectivity index (χ1v) is 11.9. The monoisotopic (exact) mass is 464 g/mol. The number of H-pyrrole nitrogens is 1. The average molecular weight is 465 g/mol. The number of aromatic amines is 1. The van der Waals surface area contributed by atoms with Crippen LogP contribution in [0.5, 0.6) is 0 Å². The number of nitrogens with one attached hydrogen (secondary N) is 2. The summed E-state index contributed by atoms with van der Waals surface area (Å²) in [4.78, 5) is 52.3. The smallest absolute Gasteiger partial charge is 0.330 e. The molecule has 3 aromatic heterocycles. The van der Waals surface area contributed by atoms with Gasteiger partial charge in [0.25, 0.3) is 11.5 Å². The van der Waals surface area contributed by atoms with E-state index in [0.717, 1.165) is 24.5 Å². The van der Waals surface area contributed by atoms with Gasteiger partial charge in [0.05, 0.1) is 10.9 Å². The highest BCUT2D eigenvalue weighted by Crippen LogP contribution is 2.21. The van der Waals surface area contributed by atoms with Crippen molar-refractivity contribution in [1.29, 1.82) is 0 Å². The molecule has 0 aromatic carbocycles. The van der Waals surface area contributed by atoms with Crippen LogP contribution in [0, 0.1) is 5.92 Å². The lowest BCUT2D eigenvalue weighted by Gasteiger charge is -2.17. The Morgan fingerprint density at radius 2 is 1.88 bits per heavy atom. The molecule has 9 heteroatoms. The topological polar surface area (TPSA) is 113 Å². The molecule has 1 fully saturated rings. The molecule has 1 amide bonds. The predicted octanol–water partition coefficient (Wildman–Crippen LogP) is 2.79. The number of carbonyl (C=O) groups excluding carboxylic acids is 1. The Morgan fingerprint density at radius 3 is 2.50 bits per heavy atom. The average Bonchev–Trinajstić information content (AvgIpc) is 3.34. The van der Waals surface area contributed by atoms with Gasteiger partial charge in [-0.25, -0.2) is 14.8 Å². The van der Waals surface area contributed by atoms with Gasteiger partial charge in [-0.05, 0) is 42.4 Å². The Kier molecular flexibility index (Phi) is 6.81. The Balaban J connectivity index is 1.66. The largest absolute Gasteiger partial charge is 0.357 e. The molecule has 9 nitrogen and oxygen atoms in total. The van der Waals surface area contributed by atoms with Gasteiger partial charge in [0.15, 0.2) is 5.65 Å². The lowest BCUT2D eigenvalue weighted by molar-refractivity contribution is 0.0952. The van der Waals surface area contributed by atoms with Gasteiger partial charge in [-0.3, -0.25) is 19.1 Å². The molecule has 180 valence electrons. The van der Waals surface area contributed by atoms with E-state index in [9.17, 15) is 14.4 Å². The standard InChI is InChI=1S/C25H32N6O3/c1-15(2)14-31-22-21(24(33)29-25(31)34)18(11-19(28-22)16(3)4)23(32)27-13-17-7-8-20(26-12-17)30-9-5-6-10-30/h7-8,11-12,15-16H,5-6,9-10,13-14H2,1-4H3,(H,27,32)(H,29,33,34). The number of fused-ring (bicyclic) bond motifs is 1. The molecule has 1 aliphatic heterocycles. The summed E-state index contributed by atoms with van der Waals surface area (Å²) in [6, 6.07) is 5.58. The van der Waals surface area contributed by atoms with Crippen LogP contribution in [0.15, 0.2) is 34.0 Å². The van der Waals surface area contributed by atoms with E-state index in [0.29, 0.717) is 12.2 Å². The van der Waals surface area contributed by atoms with E-state index in [2.05, 4.69) is 25.2 Å². The molecule has 1 aliphatic rings. The van der Waals surface area contributed by atoms with Crippen LogP contribution in [0.1, 0.15) is 68.1 Å². The van der Waals surface area contributed by atoms with Gasteiger partial charge in [-0.2, -0.15) is 0 Å². The van der Waals surface area contributed by atoms with E-state index in [1.165, 1.54) is 17.4 Å². The van der Waals surface area contributed by atoms with Crippen molar-refractivity contribution in [1.82, 2.24) is 24.8 Å². The zero-order chi connectivity index (χ0) is 24.4. The van der Waals surface area contributed by atoms with Gasteiger partial charge in [0.2, 0.25) is 0 Å². The number of rotatable bonds is 7. The summed E-state index contributed by atoms with van der Waals surface area (Å²) in [6.07, 6.45) is 4.13. The number of amides is 1. The molecule has 3 aromatic rings. The Morgan fingerprint density at radius 1 is 1.15 bits per heavy atom. The van der Waals surface area contributed by atoms with Crippen molar-refractivity contribution in [2.75, 3.05) is 18.0 Å². The van der Waals surface area contributed by atoms with Gasteiger partial charge in [0, 0.05) is 38.1 Å². The minimum Gasteiger partial charge on any atom is -0.357 e. The zero-order valence-electron chi connectivity index (χ0n) is 20.2. The maximum Gasteiger partial charge on any atom is 0.330 e. The van der Waals surface area contributed by atoms with E-state index in [-0.39, 0.29) is 35.0 Å². The minimum atomic E-state index is -0.607. The van der Waals surface area contributed by atoms with E-state index < -0.39 is 17.2 Å². The van der Waals surface area contributed by atoms with Crippen molar-refractivity contribution in [3.05, 3.63) is 62.1 Å². The summed E-state index contributed by atoms with van der Waals surface area (Å²) >= 11 is 0. The van der Waals surface area contributed by atoms with E-state index in [1.807, 2.05) is 39.8 Å². The molecule has 0 bridgehead atoms. The Hall–Kier alpha value is -3.49. The van der Waals surface area contributed by atoms with Crippen molar-refractivity contribution in [3.8, 4) is 0 Å². The Labute approximate surface area is 198 Å².